The molecule has 1 aliphatic rings. The third-order valence-electron chi connectivity index (χ3n) is 4.19. The molecule has 20 heavy (non-hydrogen) atoms. The molecule has 0 bridgehead atoms. The first-order valence-electron chi connectivity index (χ1n) is 8.00. The van der Waals surface area contributed by atoms with Crippen LogP contribution < -0.4 is 10.5 Å². The molecule has 0 aromatic carbocycles. The van der Waals surface area contributed by atoms with Gasteiger partial charge >= 0.3 is 0 Å². The van der Waals surface area contributed by atoms with Crippen LogP contribution in [0.25, 0.3) is 0 Å². The molecule has 0 aromatic rings. The van der Waals surface area contributed by atoms with Crippen LogP contribution in [0.4, 0.5) is 0 Å². The quantitative estimate of drug-likeness (QED) is 0.673. The summed E-state index contributed by atoms with van der Waals surface area (Å²) in [6.45, 7) is 5.44. The normalized spacial score (nSPS) is 20.0. The average molecular weight is 305 g/mol. The summed E-state index contributed by atoms with van der Waals surface area (Å²) in [5.41, 5.74) is 5.65. The highest BCUT2D eigenvalue weighted by atomic mass is 32.2. The molecule has 1 aliphatic carbocycles. The van der Waals surface area contributed by atoms with E-state index in [0.29, 0.717) is 19.6 Å². The molecule has 0 amide bonds. The van der Waals surface area contributed by atoms with E-state index >= 15 is 0 Å². The molecule has 0 heterocycles. The second kappa shape index (κ2) is 8.32. The van der Waals surface area contributed by atoms with Crippen LogP contribution in [0.5, 0.6) is 0 Å². The van der Waals surface area contributed by atoms with Gasteiger partial charge in [0, 0.05) is 25.2 Å². The molecule has 0 atom stereocenters. The molecule has 1 rings (SSSR count). The summed E-state index contributed by atoms with van der Waals surface area (Å²) in [5, 5.41) is 0. The predicted octanol–water partition coefficient (Wildman–Crippen LogP) is 1.99. The number of nitrogens with one attached hydrogen (secondary N) is 1. The van der Waals surface area contributed by atoms with E-state index in [-0.39, 0.29) is 5.54 Å². The SMILES string of the molecule is CCCNS(=O)(=O)N(CCC)C1(CN)CCCCCC1. The van der Waals surface area contributed by atoms with Crippen LogP contribution in [0, 0.1) is 0 Å². The molecular weight excluding hydrogens is 274 g/mol. The highest BCUT2D eigenvalue weighted by Crippen LogP contribution is 2.33. The molecule has 0 unspecified atom stereocenters. The second-order valence-electron chi connectivity index (χ2n) is 5.81. The fourth-order valence-electron chi connectivity index (χ4n) is 3.07. The highest BCUT2D eigenvalue weighted by Gasteiger charge is 2.41. The Balaban J connectivity index is 3.01. The van der Waals surface area contributed by atoms with Crippen molar-refractivity contribution in [1.82, 2.24) is 9.03 Å². The Morgan fingerprint density at radius 3 is 2.15 bits per heavy atom. The summed E-state index contributed by atoms with van der Waals surface area (Å²) in [5.74, 6) is 0. The van der Waals surface area contributed by atoms with Gasteiger partial charge in [-0.15, -0.1) is 0 Å². The van der Waals surface area contributed by atoms with Gasteiger partial charge in [-0.1, -0.05) is 39.5 Å². The summed E-state index contributed by atoms with van der Waals surface area (Å²) in [6, 6.07) is 0. The van der Waals surface area contributed by atoms with E-state index in [0.717, 1.165) is 38.5 Å². The molecule has 0 spiro atoms. The summed E-state index contributed by atoms with van der Waals surface area (Å²) in [7, 11) is -3.43. The molecule has 5 nitrogen and oxygen atoms in total. The number of hydrogen-bond donors (Lipinski definition) is 2. The number of nitrogens with zero attached hydrogens (tertiary/aromatic N) is 1. The summed E-state index contributed by atoms with van der Waals surface area (Å²) >= 11 is 0. The molecule has 3 N–H and O–H groups in total. The van der Waals surface area contributed by atoms with Gasteiger partial charge in [-0.2, -0.15) is 12.7 Å². The van der Waals surface area contributed by atoms with E-state index in [1.54, 1.807) is 4.31 Å². The fourth-order valence-corrected chi connectivity index (χ4v) is 4.87. The zero-order valence-electron chi connectivity index (χ0n) is 13.0. The van der Waals surface area contributed by atoms with Crippen LogP contribution in [0.1, 0.15) is 65.2 Å². The Morgan fingerprint density at radius 2 is 1.70 bits per heavy atom. The molecule has 1 fully saturated rings. The number of rotatable bonds is 8. The molecule has 0 saturated heterocycles. The third-order valence-corrected chi connectivity index (χ3v) is 5.91. The Kier molecular flexibility index (Phi) is 7.43. The minimum Gasteiger partial charge on any atom is -0.329 e. The smallest absolute Gasteiger partial charge is 0.279 e. The van der Waals surface area contributed by atoms with Crippen LogP contribution in [0.15, 0.2) is 0 Å². The Bertz CT molecular complexity index is 363. The van der Waals surface area contributed by atoms with Crippen LogP contribution in [-0.2, 0) is 10.2 Å². The molecule has 0 aliphatic heterocycles. The number of nitrogens with two attached hydrogens (primary N) is 1. The Morgan fingerprint density at radius 1 is 1.10 bits per heavy atom. The van der Waals surface area contributed by atoms with Crippen molar-refractivity contribution in [2.75, 3.05) is 19.6 Å². The minimum absolute atomic E-state index is 0.383. The lowest BCUT2D eigenvalue weighted by Crippen LogP contribution is -2.59. The minimum atomic E-state index is -3.43. The molecule has 0 aromatic heterocycles. The fraction of sp³-hybridized carbons (Fsp3) is 1.00. The predicted molar refractivity (Wildman–Crippen MR) is 83.7 cm³/mol. The van der Waals surface area contributed by atoms with Gasteiger partial charge in [-0.05, 0) is 25.7 Å². The number of hydrogen-bond acceptors (Lipinski definition) is 3. The lowest BCUT2D eigenvalue weighted by atomic mass is 9.90. The molecule has 120 valence electrons. The van der Waals surface area contributed by atoms with Gasteiger partial charge in [-0.25, -0.2) is 4.72 Å². The van der Waals surface area contributed by atoms with Gasteiger partial charge in [0.2, 0.25) is 0 Å². The van der Waals surface area contributed by atoms with Gasteiger partial charge in [0.05, 0.1) is 0 Å². The summed E-state index contributed by atoms with van der Waals surface area (Å²) in [4.78, 5) is 0. The molecular formula is C14H31N3O2S. The van der Waals surface area contributed by atoms with Crippen molar-refractivity contribution in [3.63, 3.8) is 0 Å². The molecule has 1 saturated carbocycles. The van der Waals surface area contributed by atoms with Crippen molar-refractivity contribution in [3.8, 4) is 0 Å². The first-order chi connectivity index (χ1) is 9.52. The Hall–Kier alpha value is -0.170. The third kappa shape index (κ3) is 4.41. The lowest BCUT2D eigenvalue weighted by molar-refractivity contribution is 0.165. The van der Waals surface area contributed by atoms with Gasteiger partial charge in [-0.3, -0.25) is 0 Å². The van der Waals surface area contributed by atoms with E-state index in [4.69, 9.17) is 5.73 Å². The van der Waals surface area contributed by atoms with Crippen LogP contribution >= 0.6 is 0 Å². The zero-order chi connectivity index (χ0) is 15.1. The first-order valence-corrected chi connectivity index (χ1v) is 9.44. The summed E-state index contributed by atoms with van der Waals surface area (Å²) in [6.07, 6.45) is 7.90. The van der Waals surface area contributed by atoms with Crippen molar-refractivity contribution in [1.29, 1.82) is 0 Å². The molecule has 6 heteroatoms. The first kappa shape index (κ1) is 17.9. The van der Waals surface area contributed by atoms with Gasteiger partial charge in [0.25, 0.3) is 10.2 Å². The zero-order valence-corrected chi connectivity index (χ0v) is 13.8. The van der Waals surface area contributed by atoms with Crippen LogP contribution in [0.2, 0.25) is 0 Å². The van der Waals surface area contributed by atoms with Crippen molar-refractivity contribution in [3.05, 3.63) is 0 Å². The monoisotopic (exact) mass is 305 g/mol. The lowest BCUT2D eigenvalue weighted by Gasteiger charge is -2.42. The van der Waals surface area contributed by atoms with Crippen LogP contribution in [-0.4, -0.2) is 37.9 Å². The van der Waals surface area contributed by atoms with Crippen molar-refractivity contribution < 1.29 is 8.42 Å². The maximum Gasteiger partial charge on any atom is 0.279 e. The average Bonchev–Trinajstić information content (AvgIpc) is 2.68. The highest BCUT2D eigenvalue weighted by molar-refractivity contribution is 7.87. The van der Waals surface area contributed by atoms with Gasteiger partial charge in [0.1, 0.15) is 0 Å². The summed E-state index contributed by atoms with van der Waals surface area (Å²) < 4.78 is 29.6. The maximum absolute atomic E-state index is 12.6. The molecule has 0 radical (unpaired) electrons. The second-order valence-corrected chi connectivity index (χ2v) is 7.49. The Labute approximate surface area is 124 Å². The topological polar surface area (TPSA) is 75.4 Å². The van der Waals surface area contributed by atoms with E-state index in [1.807, 2.05) is 13.8 Å². The van der Waals surface area contributed by atoms with Gasteiger partial charge < -0.3 is 5.73 Å². The van der Waals surface area contributed by atoms with E-state index in [1.165, 1.54) is 12.8 Å². The van der Waals surface area contributed by atoms with Crippen molar-refractivity contribution >= 4 is 10.2 Å². The largest absolute Gasteiger partial charge is 0.329 e. The van der Waals surface area contributed by atoms with E-state index in [9.17, 15) is 8.42 Å². The van der Waals surface area contributed by atoms with Crippen molar-refractivity contribution in [2.24, 2.45) is 5.73 Å². The van der Waals surface area contributed by atoms with Crippen molar-refractivity contribution in [2.45, 2.75) is 70.8 Å². The van der Waals surface area contributed by atoms with E-state index in [2.05, 4.69) is 4.72 Å². The van der Waals surface area contributed by atoms with Crippen LogP contribution in [0.3, 0.4) is 0 Å². The standard InChI is InChI=1S/C14H31N3O2S/c1-3-11-16-20(18,19)17(12-4-2)14(13-15)9-7-5-6-8-10-14/h16H,3-13,15H2,1-2H3. The van der Waals surface area contributed by atoms with Gasteiger partial charge in [0.15, 0.2) is 0 Å². The van der Waals surface area contributed by atoms with E-state index < -0.39 is 10.2 Å². The maximum atomic E-state index is 12.6.